The Morgan fingerprint density at radius 3 is 3.00 bits per heavy atom. The molecule has 0 aliphatic carbocycles. The highest BCUT2D eigenvalue weighted by atomic mass is 16.5. The lowest BCUT2D eigenvalue weighted by Gasteiger charge is -2.25. The molecule has 1 aliphatic heterocycles. The third-order valence-corrected chi connectivity index (χ3v) is 3.99. The van der Waals surface area contributed by atoms with Crippen LogP contribution in [0.4, 0.5) is 5.69 Å². The van der Waals surface area contributed by atoms with Gasteiger partial charge >= 0.3 is 0 Å². The molecule has 0 spiro atoms. The standard InChI is InChI=1S/C16H22N4O/c1-12(10-13-5-8-21-9-6-13)19-15-11-18-20-16(15)14-4-2-3-7-17-14/h2-4,7,11-13,19H,5-6,8-10H2,1H3,(H,18,20)/t12-/m0/s1. The number of H-pyrrole nitrogens is 1. The second kappa shape index (κ2) is 6.72. The zero-order valence-electron chi connectivity index (χ0n) is 12.4. The third kappa shape index (κ3) is 3.61. The van der Waals surface area contributed by atoms with E-state index in [0.29, 0.717) is 6.04 Å². The minimum atomic E-state index is 0.410. The van der Waals surface area contributed by atoms with Crippen LogP contribution in [0.2, 0.25) is 0 Å². The fourth-order valence-electron chi connectivity index (χ4n) is 2.91. The molecule has 3 heterocycles. The van der Waals surface area contributed by atoms with Crippen LogP contribution in [0.1, 0.15) is 26.2 Å². The number of rotatable bonds is 5. The van der Waals surface area contributed by atoms with Gasteiger partial charge in [-0.3, -0.25) is 10.1 Å². The van der Waals surface area contributed by atoms with Gasteiger partial charge in [-0.25, -0.2) is 0 Å². The van der Waals surface area contributed by atoms with E-state index in [4.69, 9.17) is 4.74 Å². The van der Waals surface area contributed by atoms with Crippen LogP contribution in [0.15, 0.2) is 30.6 Å². The number of ether oxygens (including phenoxy) is 1. The highest BCUT2D eigenvalue weighted by molar-refractivity contribution is 5.71. The molecule has 1 fully saturated rings. The van der Waals surface area contributed by atoms with E-state index in [1.54, 1.807) is 6.20 Å². The van der Waals surface area contributed by atoms with Crippen molar-refractivity contribution in [2.24, 2.45) is 5.92 Å². The van der Waals surface area contributed by atoms with E-state index in [9.17, 15) is 0 Å². The summed E-state index contributed by atoms with van der Waals surface area (Å²) in [4.78, 5) is 4.38. The van der Waals surface area contributed by atoms with Crippen molar-refractivity contribution in [3.63, 3.8) is 0 Å². The van der Waals surface area contributed by atoms with Crippen molar-refractivity contribution in [1.82, 2.24) is 15.2 Å². The zero-order valence-corrected chi connectivity index (χ0v) is 12.4. The van der Waals surface area contributed by atoms with Gasteiger partial charge in [0.05, 0.1) is 17.6 Å². The first-order valence-corrected chi connectivity index (χ1v) is 7.62. The first kappa shape index (κ1) is 14.1. The summed E-state index contributed by atoms with van der Waals surface area (Å²) in [6.45, 7) is 4.04. The molecule has 0 saturated carbocycles. The molecule has 0 aromatic carbocycles. The quantitative estimate of drug-likeness (QED) is 0.886. The maximum Gasteiger partial charge on any atom is 0.107 e. The third-order valence-electron chi connectivity index (χ3n) is 3.99. The van der Waals surface area contributed by atoms with E-state index < -0.39 is 0 Å². The maximum atomic E-state index is 5.42. The molecule has 5 nitrogen and oxygen atoms in total. The molecule has 112 valence electrons. The summed E-state index contributed by atoms with van der Waals surface area (Å²) >= 11 is 0. The first-order valence-electron chi connectivity index (χ1n) is 7.62. The number of pyridine rings is 1. The molecule has 0 bridgehead atoms. The molecule has 1 saturated heterocycles. The first-order chi connectivity index (χ1) is 10.3. The summed E-state index contributed by atoms with van der Waals surface area (Å²) in [7, 11) is 0. The Kier molecular flexibility index (Phi) is 4.50. The molecule has 2 aromatic heterocycles. The van der Waals surface area contributed by atoms with Crippen molar-refractivity contribution < 1.29 is 4.74 Å². The van der Waals surface area contributed by atoms with Gasteiger partial charge in [0.1, 0.15) is 5.69 Å². The topological polar surface area (TPSA) is 62.8 Å². The molecule has 2 aromatic rings. The number of hydrogen-bond donors (Lipinski definition) is 2. The second-order valence-corrected chi connectivity index (χ2v) is 5.71. The lowest BCUT2D eigenvalue weighted by atomic mass is 9.93. The molecule has 2 N–H and O–H groups in total. The molecule has 1 atom stereocenters. The van der Waals surface area contributed by atoms with E-state index in [-0.39, 0.29) is 0 Å². The predicted molar refractivity (Wildman–Crippen MR) is 83.1 cm³/mol. The molecule has 5 heteroatoms. The molecule has 0 radical (unpaired) electrons. The summed E-state index contributed by atoms with van der Waals surface area (Å²) in [5.41, 5.74) is 2.89. The summed E-state index contributed by atoms with van der Waals surface area (Å²) in [6.07, 6.45) is 7.14. The minimum Gasteiger partial charge on any atom is -0.381 e. The summed E-state index contributed by atoms with van der Waals surface area (Å²) in [5.74, 6) is 0.756. The van der Waals surface area contributed by atoms with Gasteiger partial charge in [-0.05, 0) is 44.2 Å². The molecule has 3 rings (SSSR count). The predicted octanol–water partition coefficient (Wildman–Crippen LogP) is 3.09. The lowest BCUT2D eigenvalue weighted by Crippen LogP contribution is -2.24. The van der Waals surface area contributed by atoms with Gasteiger partial charge in [-0.2, -0.15) is 5.10 Å². The van der Waals surface area contributed by atoms with Crippen molar-refractivity contribution in [2.75, 3.05) is 18.5 Å². The van der Waals surface area contributed by atoms with Gasteiger partial charge in [-0.15, -0.1) is 0 Å². The van der Waals surface area contributed by atoms with Crippen molar-refractivity contribution in [3.8, 4) is 11.4 Å². The summed E-state index contributed by atoms with van der Waals surface area (Å²) < 4.78 is 5.42. The molecule has 1 aliphatic rings. The summed E-state index contributed by atoms with van der Waals surface area (Å²) in [5, 5.41) is 10.7. The largest absolute Gasteiger partial charge is 0.381 e. The van der Waals surface area contributed by atoms with Gasteiger partial charge in [0.15, 0.2) is 0 Å². The van der Waals surface area contributed by atoms with Gasteiger partial charge < -0.3 is 10.1 Å². The fourth-order valence-corrected chi connectivity index (χ4v) is 2.91. The Balaban J connectivity index is 1.64. The number of aromatic nitrogens is 3. The Morgan fingerprint density at radius 1 is 1.38 bits per heavy atom. The molecular formula is C16H22N4O. The molecule has 21 heavy (non-hydrogen) atoms. The zero-order chi connectivity index (χ0) is 14.5. The SMILES string of the molecule is C[C@@H](CC1CCOCC1)Nc1cn[nH]c1-c1ccccn1. The smallest absolute Gasteiger partial charge is 0.107 e. The second-order valence-electron chi connectivity index (χ2n) is 5.71. The van der Waals surface area contributed by atoms with Crippen LogP contribution in [0, 0.1) is 5.92 Å². The number of nitrogens with zero attached hydrogens (tertiary/aromatic N) is 2. The van der Waals surface area contributed by atoms with Crippen molar-refractivity contribution >= 4 is 5.69 Å². The minimum absolute atomic E-state index is 0.410. The number of nitrogens with one attached hydrogen (secondary N) is 2. The Hall–Kier alpha value is -1.88. The monoisotopic (exact) mass is 286 g/mol. The van der Waals surface area contributed by atoms with Crippen molar-refractivity contribution in [1.29, 1.82) is 0 Å². The average Bonchev–Trinajstić information content (AvgIpc) is 2.97. The van der Waals surface area contributed by atoms with Crippen LogP contribution in [-0.2, 0) is 4.74 Å². The average molecular weight is 286 g/mol. The van der Waals surface area contributed by atoms with E-state index >= 15 is 0 Å². The van der Waals surface area contributed by atoms with Crippen molar-refractivity contribution in [3.05, 3.63) is 30.6 Å². The van der Waals surface area contributed by atoms with Crippen LogP contribution in [0.5, 0.6) is 0 Å². The molecular weight excluding hydrogens is 264 g/mol. The van der Waals surface area contributed by atoms with Gasteiger partial charge in [0.2, 0.25) is 0 Å². The Bertz CT molecular complexity index is 548. The Labute approximate surface area is 125 Å². The van der Waals surface area contributed by atoms with Crippen LogP contribution in [-0.4, -0.2) is 34.4 Å². The lowest BCUT2D eigenvalue weighted by molar-refractivity contribution is 0.0629. The summed E-state index contributed by atoms with van der Waals surface area (Å²) in [6, 6.07) is 6.30. The van der Waals surface area contributed by atoms with E-state index in [0.717, 1.165) is 42.6 Å². The number of anilines is 1. The van der Waals surface area contributed by atoms with E-state index in [2.05, 4.69) is 27.4 Å². The van der Waals surface area contributed by atoms with Gasteiger partial charge in [0, 0.05) is 25.5 Å². The Morgan fingerprint density at radius 2 is 2.24 bits per heavy atom. The van der Waals surface area contributed by atoms with Crippen LogP contribution < -0.4 is 5.32 Å². The molecule has 0 unspecified atom stereocenters. The highest BCUT2D eigenvalue weighted by Gasteiger charge is 2.18. The van der Waals surface area contributed by atoms with Gasteiger partial charge in [0.25, 0.3) is 0 Å². The van der Waals surface area contributed by atoms with Crippen molar-refractivity contribution in [2.45, 2.75) is 32.2 Å². The number of hydrogen-bond acceptors (Lipinski definition) is 4. The van der Waals surface area contributed by atoms with Crippen LogP contribution >= 0.6 is 0 Å². The maximum absolute atomic E-state index is 5.42. The van der Waals surface area contributed by atoms with Crippen LogP contribution in [0.3, 0.4) is 0 Å². The van der Waals surface area contributed by atoms with Gasteiger partial charge in [-0.1, -0.05) is 6.07 Å². The number of aromatic amines is 1. The van der Waals surface area contributed by atoms with E-state index in [1.807, 2.05) is 24.4 Å². The highest BCUT2D eigenvalue weighted by Crippen LogP contribution is 2.26. The fraction of sp³-hybridized carbons (Fsp3) is 0.500. The van der Waals surface area contributed by atoms with E-state index in [1.165, 1.54) is 12.8 Å². The van der Waals surface area contributed by atoms with Crippen LogP contribution in [0.25, 0.3) is 11.4 Å². The normalized spacial score (nSPS) is 17.6. The molecule has 0 amide bonds.